The van der Waals surface area contributed by atoms with Crippen molar-refractivity contribution in [2.75, 3.05) is 31.1 Å². The van der Waals surface area contributed by atoms with Crippen LogP contribution in [-0.2, 0) is 16.1 Å². The van der Waals surface area contributed by atoms with Gasteiger partial charge in [0, 0.05) is 44.3 Å². The minimum Gasteiger partial charge on any atom is -0.368 e. The van der Waals surface area contributed by atoms with Gasteiger partial charge in [0.2, 0.25) is 0 Å². The zero-order valence-corrected chi connectivity index (χ0v) is 19.6. The first kappa shape index (κ1) is 21.9. The Hall–Kier alpha value is -3.93. The summed E-state index contributed by atoms with van der Waals surface area (Å²) in [5.41, 5.74) is 6.16. The second-order valence-electron chi connectivity index (χ2n) is 8.88. The zero-order valence-electron chi connectivity index (χ0n) is 19.6. The molecule has 2 aliphatic rings. The molecule has 172 valence electrons. The topological polar surface area (TPSA) is 56.8 Å². The average Bonchev–Trinajstić information content (AvgIpc) is 3.12. The third-order valence-electron chi connectivity index (χ3n) is 6.75. The Labute approximate surface area is 200 Å². The summed E-state index contributed by atoms with van der Waals surface area (Å²) in [6, 6.07) is 20.0. The number of aromatic nitrogens is 1. The predicted molar refractivity (Wildman–Crippen MR) is 133 cm³/mol. The second-order valence-corrected chi connectivity index (χ2v) is 8.88. The van der Waals surface area contributed by atoms with E-state index in [4.69, 9.17) is 0 Å². The highest BCUT2D eigenvalue weighted by Crippen LogP contribution is 2.34. The number of carbonyl (C=O) groups is 2. The van der Waals surface area contributed by atoms with E-state index in [9.17, 15) is 9.59 Å². The molecule has 0 N–H and O–H groups in total. The lowest BCUT2D eigenvalue weighted by atomic mass is 9.99. The van der Waals surface area contributed by atoms with Crippen LogP contribution in [0.5, 0.6) is 0 Å². The lowest BCUT2D eigenvalue weighted by Gasteiger charge is -2.37. The van der Waals surface area contributed by atoms with Crippen LogP contribution in [0.4, 0.5) is 5.69 Å². The molecule has 3 heterocycles. The van der Waals surface area contributed by atoms with Gasteiger partial charge in [-0.25, -0.2) is 0 Å². The number of piperazine rings is 1. The van der Waals surface area contributed by atoms with Crippen molar-refractivity contribution in [2.24, 2.45) is 0 Å². The minimum absolute atomic E-state index is 0.219. The molecular weight excluding hydrogens is 424 g/mol. The summed E-state index contributed by atoms with van der Waals surface area (Å²) >= 11 is 0. The number of para-hydroxylation sites is 1. The maximum absolute atomic E-state index is 13.7. The molecule has 1 saturated heterocycles. The van der Waals surface area contributed by atoms with Crippen molar-refractivity contribution in [3.05, 3.63) is 101 Å². The summed E-state index contributed by atoms with van der Waals surface area (Å²) in [5.74, 6) is -0.450. The molecule has 3 aromatic rings. The first-order valence-electron chi connectivity index (χ1n) is 11.6. The van der Waals surface area contributed by atoms with Crippen molar-refractivity contribution in [3.63, 3.8) is 0 Å². The fourth-order valence-electron chi connectivity index (χ4n) is 4.66. The number of aryl methyl sites for hydroxylation is 2. The van der Waals surface area contributed by atoms with Crippen LogP contribution in [0, 0.1) is 13.8 Å². The number of nitrogens with zero attached hydrogens (tertiary/aromatic N) is 4. The molecule has 0 radical (unpaired) electrons. The van der Waals surface area contributed by atoms with E-state index < -0.39 is 0 Å². The third kappa shape index (κ3) is 4.07. The van der Waals surface area contributed by atoms with Crippen LogP contribution in [0.15, 0.2) is 78.8 Å². The largest absolute Gasteiger partial charge is 0.368 e. The van der Waals surface area contributed by atoms with Crippen molar-refractivity contribution in [1.29, 1.82) is 0 Å². The maximum Gasteiger partial charge on any atom is 0.278 e. The van der Waals surface area contributed by atoms with Crippen LogP contribution in [0.2, 0.25) is 0 Å². The molecule has 5 rings (SSSR count). The van der Waals surface area contributed by atoms with Gasteiger partial charge >= 0.3 is 0 Å². The van der Waals surface area contributed by atoms with Gasteiger partial charge in [-0.1, -0.05) is 36.4 Å². The van der Waals surface area contributed by atoms with Crippen LogP contribution in [0.1, 0.15) is 22.3 Å². The average molecular weight is 453 g/mol. The molecule has 0 bridgehead atoms. The quantitative estimate of drug-likeness (QED) is 0.551. The van der Waals surface area contributed by atoms with Gasteiger partial charge in [-0.15, -0.1) is 0 Å². The van der Waals surface area contributed by atoms with E-state index in [0.717, 1.165) is 35.3 Å². The van der Waals surface area contributed by atoms with Crippen molar-refractivity contribution in [2.45, 2.75) is 20.4 Å². The van der Waals surface area contributed by atoms with E-state index in [0.29, 0.717) is 24.4 Å². The molecule has 1 aromatic heterocycles. The number of anilines is 1. The third-order valence-corrected chi connectivity index (χ3v) is 6.75. The number of amides is 2. The van der Waals surface area contributed by atoms with Gasteiger partial charge in [0.25, 0.3) is 11.8 Å². The number of hydrogen-bond donors (Lipinski definition) is 0. The van der Waals surface area contributed by atoms with E-state index in [1.165, 1.54) is 10.6 Å². The van der Waals surface area contributed by atoms with E-state index in [1.54, 1.807) is 12.4 Å². The SMILES string of the molecule is Cc1ccc(C2=C(N3CCN(c4ccccc4)CC3)C(=O)N(Cc3ccncc3)C2=O)cc1C. The molecule has 0 spiro atoms. The lowest BCUT2D eigenvalue weighted by Crippen LogP contribution is -2.47. The van der Waals surface area contributed by atoms with E-state index in [-0.39, 0.29) is 18.4 Å². The van der Waals surface area contributed by atoms with E-state index in [1.807, 2.05) is 55.5 Å². The first-order chi connectivity index (χ1) is 16.5. The van der Waals surface area contributed by atoms with Crippen LogP contribution in [0.3, 0.4) is 0 Å². The molecule has 0 atom stereocenters. The monoisotopic (exact) mass is 452 g/mol. The van der Waals surface area contributed by atoms with Crippen LogP contribution in [-0.4, -0.2) is 52.8 Å². The lowest BCUT2D eigenvalue weighted by molar-refractivity contribution is -0.138. The Morgan fingerprint density at radius 1 is 0.765 bits per heavy atom. The Bertz CT molecular complexity index is 1250. The van der Waals surface area contributed by atoms with Crippen molar-refractivity contribution < 1.29 is 9.59 Å². The van der Waals surface area contributed by atoms with Crippen LogP contribution < -0.4 is 4.90 Å². The Balaban J connectivity index is 1.48. The molecule has 2 aliphatic heterocycles. The molecule has 34 heavy (non-hydrogen) atoms. The molecule has 2 amide bonds. The summed E-state index contributed by atoms with van der Waals surface area (Å²) in [4.78, 5) is 37.2. The van der Waals surface area contributed by atoms with Crippen molar-refractivity contribution in [1.82, 2.24) is 14.8 Å². The summed E-state index contributed by atoms with van der Waals surface area (Å²) < 4.78 is 0. The summed E-state index contributed by atoms with van der Waals surface area (Å²) in [6.45, 7) is 7.27. The van der Waals surface area contributed by atoms with Gasteiger partial charge < -0.3 is 9.80 Å². The molecule has 6 nitrogen and oxygen atoms in total. The highest BCUT2D eigenvalue weighted by atomic mass is 16.2. The summed E-state index contributed by atoms with van der Waals surface area (Å²) in [5, 5.41) is 0. The molecule has 0 aliphatic carbocycles. The van der Waals surface area contributed by atoms with Gasteiger partial charge in [-0.3, -0.25) is 19.5 Å². The van der Waals surface area contributed by atoms with E-state index in [2.05, 4.69) is 33.8 Å². The second kappa shape index (κ2) is 9.14. The molecule has 0 saturated carbocycles. The van der Waals surface area contributed by atoms with Gasteiger partial charge in [0.05, 0.1) is 12.1 Å². The van der Waals surface area contributed by atoms with Crippen LogP contribution in [0.25, 0.3) is 5.57 Å². The Morgan fingerprint density at radius 2 is 1.44 bits per heavy atom. The number of imide groups is 1. The van der Waals surface area contributed by atoms with Crippen molar-refractivity contribution in [3.8, 4) is 0 Å². The van der Waals surface area contributed by atoms with Crippen molar-refractivity contribution >= 4 is 23.1 Å². The highest BCUT2D eigenvalue weighted by molar-refractivity contribution is 6.35. The van der Waals surface area contributed by atoms with Crippen LogP contribution >= 0.6 is 0 Å². The van der Waals surface area contributed by atoms with Gasteiger partial charge in [-0.05, 0) is 60.4 Å². The minimum atomic E-state index is -0.231. The number of pyridine rings is 1. The van der Waals surface area contributed by atoms with E-state index >= 15 is 0 Å². The normalized spacial score (nSPS) is 16.6. The standard InChI is InChI=1S/C28H28N4O2/c1-20-8-9-23(18-21(20)2)25-26(28(34)32(27(25)33)19-22-10-12-29-13-11-22)31-16-14-30(15-17-31)24-6-4-3-5-7-24/h3-13,18H,14-17,19H2,1-2H3. The smallest absolute Gasteiger partial charge is 0.278 e. The van der Waals surface area contributed by atoms with Gasteiger partial charge in [-0.2, -0.15) is 0 Å². The highest BCUT2D eigenvalue weighted by Gasteiger charge is 2.42. The number of benzene rings is 2. The maximum atomic E-state index is 13.7. The predicted octanol–water partition coefficient (Wildman–Crippen LogP) is 3.80. The fourth-order valence-corrected chi connectivity index (χ4v) is 4.66. The Kier molecular flexibility index (Phi) is 5.88. The van der Waals surface area contributed by atoms with Gasteiger partial charge in [0.15, 0.2) is 0 Å². The molecule has 1 fully saturated rings. The first-order valence-corrected chi connectivity index (χ1v) is 11.6. The zero-order chi connectivity index (χ0) is 23.7. The van der Waals surface area contributed by atoms with Gasteiger partial charge in [0.1, 0.15) is 5.70 Å². The number of carbonyl (C=O) groups excluding carboxylic acids is 2. The fraction of sp³-hybridized carbons (Fsp3) is 0.250. The summed E-state index contributed by atoms with van der Waals surface area (Å²) in [6.07, 6.45) is 3.36. The number of rotatable bonds is 5. The molecular formula is C28H28N4O2. The Morgan fingerprint density at radius 3 is 2.12 bits per heavy atom. The molecule has 0 unspecified atom stereocenters. The molecule has 2 aromatic carbocycles. The summed E-state index contributed by atoms with van der Waals surface area (Å²) in [7, 11) is 0. The molecule has 6 heteroatoms. The number of hydrogen-bond acceptors (Lipinski definition) is 5.